The zero-order chi connectivity index (χ0) is 29.1. The highest BCUT2D eigenvalue weighted by Gasteiger charge is 2.28. The van der Waals surface area contributed by atoms with E-state index < -0.39 is 24.2 Å². The molecule has 10 nitrogen and oxygen atoms in total. The summed E-state index contributed by atoms with van der Waals surface area (Å²) >= 11 is 0. The van der Waals surface area contributed by atoms with E-state index >= 15 is 0 Å². The predicted octanol–water partition coefficient (Wildman–Crippen LogP) is 4.74. The predicted molar refractivity (Wildman–Crippen MR) is 159 cm³/mol. The van der Waals surface area contributed by atoms with E-state index in [1.165, 1.54) is 21.9 Å². The number of likely N-dealkylation sites (N-methyl/N-ethyl adjacent to an activating group) is 1. The van der Waals surface area contributed by atoms with E-state index in [0.717, 1.165) is 54.0 Å². The Bertz CT molecular complexity index is 1480. The quantitative estimate of drug-likeness (QED) is 0.337. The van der Waals surface area contributed by atoms with E-state index in [-0.39, 0.29) is 24.8 Å². The van der Waals surface area contributed by atoms with Crippen molar-refractivity contribution in [3.8, 4) is 6.07 Å². The highest BCUT2D eigenvalue weighted by atomic mass is 32.2. The van der Waals surface area contributed by atoms with Gasteiger partial charge in [-0.3, -0.25) is 9.10 Å². The van der Waals surface area contributed by atoms with Crippen molar-refractivity contribution >= 4 is 41.0 Å². The number of hydrogen-bond donors (Lipinski definition) is 1. The molecule has 40 heavy (non-hydrogen) atoms. The largest absolute Gasteiger partial charge is 0.361 e. The lowest BCUT2D eigenvalue weighted by Gasteiger charge is -2.30. The molecule has 2 heterocycles. The number of nitriles is 1. The van der Waals surface area contributed by atoms with E-state index in [2.05, 4.69) is 36.0 Å². The number of rotatable bonds is 9. The number of amides is 1. The zero-order valence-electron chi connectivity index (χ0n) is 23.9. The van der Waals surface area contributed by atoms with Crippen LogP contribution in [0.4, 0.5) is 5.69 Å². The van der Waals surface area contributed by atoms with Crippen molar-refractivity contribution in [2.24, 2.45) is 0 Å². The Balaban J connectivity index is 1.62. The van der Waals surface area contributed by atoms with Crippen LogP contribution in [0.3, 0.4) is 0 Å². The molecule has 0 unspecified atom stereocenters. The third kappa shape index (κ3) is 6.90. The summed E-state index contributed by atoms with van der Waals surface area (Å²) in [7, 11) is -1.69. The minimum absolute atomic E-state index is 0.112. The van der Waals surface area contributed by atoms with Gasteiger partial charge in [-0.25, -0.2) is 4.98 Å². The smallest absolute Gasteiger partial charge is 0.303 e. The number of benzene rings is 1. The Hall–Kier alpha value is -3.24. The summed E-state index contributed by atoms with van der Waals surface area (Å²) in [6.45, 7) is 7.79. The fourth-order valence-electron chi connectivity index (χ4n) is 4.70. The monoisotopic (exact) mass is 582 g/mol. The van der Waals surface area contributed by atoms with Gasteiger partial charge in [0.05, 0.1) is 0 Å². The van der Waals surface area contributed by atoms with Gasteiger partial charge in [-0.2, -0.15) is 18.0 Å². The number of ether oxygens (including phenoxy) is 1. The summed E-state index contributed by atoms with van der Waals surface area (Å²) in [5.74, 6) is -0.316. The molecule has 214 valence electrons. The number of aromatic nitrogens is 2. The van der Waals surface area contributed by atoms with Gasteiger partial charge in [-0.15, -0.1) is 0 Å². The lowest BCUT2D eigenvalue weighted by atomic mass is 9.90. The zero-order valence-corrected chi connectivity index (χ0v) is 25.7. The summed E-state index contributed by atoms with van der Waals surface area (Å²) in [5, 5.41) is 12.4. The lowest BCUT2D eigenvalue weighted by Crippen LogP contribution is -2.41. The van der Waals surface area contributed by atoms with Gasteiger partial charge in [-0.1, -0.05) is 31.8 Å². The molecule has 1 N–H and O–H groups in total. The first-order valence-electron chi connectivity index (χ1n) is 13.5. The van der Waals surface area contributed by atoms with Crippen LogP contribution < -0.4 is 5.32 Å². The average Bonchev–Trinajstić information content (AvgIpc) is 3.33. The number of carbonyl (C=O) groups is 1. The molecule has 2 aliphatic rings. The van der Waals surface area contributed by atoms with Crippen molar-refractivity contribution in [2.75, 3.05) is 32.6 Å². The maximum Gasteiger partial charge on any atom is 0.303 e. The van der Waals surface area contributed by atoms with Gasteiger partial charge < -0.3 is 14.6 Å². The van der Waals surface area contributed by atoms with Crippen LogP contribution in [0.1, 0.15) is 53.1 Å². The number of anilines is 1. The average molecular weight is 583 g/mol. The second kappa shape index (κ2) is 12.1. The van der Waals surface area contributed by atoms with E-state index in [4.69, 9.17) is 4.74 Å². The van der Waals surface area contributed by atoms with Crippen LogP contribution in [0.15, 0.2) is 36.7 Å². The summed E-state index contributed by atoms with van der Waals surface area (Å²) < 4.78 is 34.8. The molecule has 1 amide bonds. The molecule has 1 aromatic heterocycles. The molecule has 0 atom stereocenters. The van der Waals surface area contributed by atoms with Gasteiger partial charge in [0.15, 0.2) is 5.69 Å². The van der Waals surface area contributed by atoms with Crippen molar-refractivity contribution in [1.29, 1.82) is 5.26 Å². The first-order chi connectivity index (χ1) is 18.9. The first-order valence-corrected chi connectivity index (χ1v) is 18.6. The summed E-state index contributed by atoms with van der Waals surface area (Å²) in [5.41, 5.74) is 4.58. The van der Waals surface area contributed by atoms with Crippen LogP contribution in [0.2, 0.25) is 25.7 Å². The normalized spacial score (nSPS) is 17.6. The Labute approximate surface area is 238 Å². The molecule has 1 aliphatic heterocycles. The lowest BCUT2D eigenvalue weighted by molar-refractivity contribution is 0.0808. The minimum Gasteiger partial charge on any atom is -0.361 e. The van der Waals surface area contributed by atoms with Crippen molar-refractivity contribution < 1.29 is 17.9 Å². The molecule has 0 fully saturated rings. The van der Waals surface area contributed by atoms with E-state index in [1.807, 2.05) is 24.3 Å². The van der Waals surface area contributed by atoms with E-state index in [9.17, 15) is 18.5 Å². The number of carbonyl (C=O) groups excluding carboxylic acids is 1. The summed E-state index contributed by atoms with van der Waals surface area (Å²) in [6, 6.07) is 8.77. The van der Waals surface area contributed by atoms with Crippen LogP contribution in [0.25, 0.3) is 11.1 Å². The van der Waals surface area contributed by atoms with Crippen molar-refractivity contribution in [3.05, 3.63) is 59.3 Å². The Kier molecular flexibility index (Phi) is 8.99. The maximum atomic E-state index is 13.5. The standard InChI is InChI=1S/C28H38N6O4SSi/c1-32-17-23(18-33(2)39(32,36)37)22-11-12-26(25(15-22)21-9-7-6-8-10-21)31-28(35)27-30-24(16-29)19-34(27)20-38-13-14-40(3,4)5/h9,11-12,15,17,19H,6-8,10,13-14,18,20H2,1-5H3,(H,31,35). The Morgan fingerprint density at radius 1 is 1.20 bits per heavy atom. The Morgan fingerprint density at radius 3 is 2.62 bits per heavy atom. The second-order valence-corrected chi connectivity index (χ2v) is 19.2. The third-order valence-electron chi connectivity index (χ3n) is 7.08. The van der Waals surface area contributed by atoms with Crippen molar-refractivity contribution in [3.63, 3.8) is 0 Å². The molecule has 0 bridgehead atoms. The van der Waals surface area contributed by atoms with Gasteiger partial charge in [0.1, 0.15) is 12.8 Å². The molecule has 1 aromatic carbocycles. The number of imidazole rings is 1. The summed E-state index contributed by atoms with van der Waals surface area (Å²) in [6.07, 6.45) is 9.41. The summed E-state index contributed by atoms with van der Waals surface area (Å²) in [4.78, 5) is 17.7. The maximum absolute atomic E-state index is 13.5. The molecule has 0 radical (unpaired) electrons. The van der Waals surface area contributed by atoms with Crippen molar-refractivity contribution in [1.82, 2.24) is 18.2 Å². The van der Waals surface area contributed by atoms with Gasteiger partial charge in [-0.05, 0) is 60.6 Å². The number of nitrogens with one attached hydrogen (secondary N) is 1. The van der Waals surface area contributed by atoms with Crippen LogP contribution in [0, 0.1) is 11.3 Å². The van der Waals surface area contributed by atoms with E-state index in [0.29, 0.717) is 12.3 Å². The minimum atomic E-state index is -3.51. The van der Waals surface area contributed by atoms with Gasteiger partial charge in [0, 0.05) is 59.0 Å². The fraction of sp³-hybridized carbons (Fsp3) is 0.464. The van der Waals surface area contributed by atoms with Gasteiger partial charge in [0.25, 0.3) is 5.91 Å². The van der Waals surface area contributed by atoms with E-state index in [1.54, 1.807) is 17.8 Å². The topological polar surface area (TPSA) is 121 Å². The third-order valence-corrected chi connectivity index (χ3v) is 10.5. The Morgan fingerprint density at radius 2 is 1.98 bits per heavy atom. The molecule has 0 spiro atoms. The van der Waals surface area contributed by atoms with Crippen LogP contribution >= 0.6 is 0 Å². The first kappa shape index (κ1) is 29.7. The highest BCUT2D eigenvalue weighted by Crippen LogP contribution is 2.35. The SMILES string of the molecule is CN1C=C(c2ccc(NC(=O)c3nc(C#N)cn3COCC[Si](C)(C)C)c(C3=CCCCC3)c2)CN(C)S1(=O)=O. The molecular weight excluding hydrogens is 544 g/mol. The molecule has 1 aliphatic carbocycles. The fourth-order valence-corrected chi connectivity index (χ4v) is 6.46. The molecule has 0 saturated carbocycles. The van der Waals surface area contributed by atoms with Crippen LogP contribution in [0.5, 0.6) is 0 Å². The molecule has 0 saturated heterocycles. The number of allylic oxidation sites excluding steroid dienone is 2. The number of hydrogen-bond acceptors (Lipinski definition) is 6. The second-order valence-electron chi connectivity index (χ2n) is 11.5. The van der Waals surface area contributed by atoms with Crippen molar-refractivity contribution in [2.45, 2.75) is 58.1 Å². The van der Waals surface area contributed by atoms with Gasteiger partial charge in [0.2, 0.25) is 5.82 Å². The number of nitrogens with zero attached hydrogens (tertiary/aromatic N) is 5. The van der Waals surface area contributed by atoms with Gasteiger partial charge >= 0.3 is 10.2 Å². The highest BCUT2D eigenvalue weighted by molar-refractivity contribution is 7.86. The molecular formula is C28H38N6O4SSi. The molecule has 2 aromatic rings. The molecule has 4 rings (SSSR count). The molecule has 12 heteroatoms. The van der Waals surface area contributed by atoms with Crippen LogP contribution in [-0.4, -0.2) is 67.8 Å². The van der Waals surface area contributed by atoms with Crippen LogP contribution in [-0.2, 0) is 21.7 Å².